The van der Waals surface area contributed by atoms with Crippen LogP contribution in [0.5, 0.6) is 5.75 Å². The zero-order valence-corrected chi connectivity index (χ0v) is 16.1. The van der Waals surface area contributed by atoms with Crippen molar-refractivity contribution >= 4 is 35.8 Å². The number of carbonyl (C=O) groups excluding carboxylic acids is 1. The molecule has 1 amide bonds. The van der Waals surface area contributed by atoms with Crippen LogP contribution in [0, 0.1) is 0 Å². The number of rotatable bonds is 6. The van der Waals surface area contributed by atoms with E-state index in [1.807, 2.05) is 25.1 Å². The van der Waals surface area contributed by atoms with E-state index in [0.717, 1.165) is 31.0 Å². The Morgan fingerprint density at radius 2 is 2.33 bits per heavy atom. The van der Waals surface area contributed by atoms with Crippen LogP contribution in [-0.2, 0) is 11.3 Å². The van der Waals surface area contributed by atoms with Crippen molar-refractivity contribution in [2.45, 2.75) is 26.0 Å². The number of benzene rings is 1. The number of nitrogens with one attached hydrogen (secondary N) is 1. The Morgan fingerprint density at radius 1 is 1.54 bits per heavy atom. The van der Waals surface area contributed by atoms with Gasteiger partial charge < -0.3 is 25.8 Å². The molecule has 0 aliphatic carbocycles. The number of guanidine groups is 1. The standard InChI is InChI=1S/C16H24N4O3.HI/c1-2-18-16(20-7-6-13(21)10-20)19-9-12-4-3-5-14(8-12)23-11-15(17)22;/h3-5,8,13,21H,2,6-7,9-11H2,1H3,(H2,17,22)(H,18,19);1H/t13-;/m1./s1. The maximum Gasteiger partial charge on any atom is 0.255 e. The molecule has 0 radical (unpaired) electrons. The van der Waals surface area contributed by atoms with E-state index in [1.165, 1.54) is 0 Å². The number of likely N-dealkylation sites (tertiary alicyclic amines) is 1. The molecule has 0 saturated carbocycles. The van der Waals surface area contributed by atoms with E-state index in [2.05, 4.69) is 15.2 Å². The zero-order valence-electron chi connectivity index (χ0n) is 13.8. The third-order valence-electron chi connectivity index (χ3n) is 3.49. The third-order valence-corrected chi connectivity index (χ3v) is 3.49. The summed E-state index contributed by atoms with van der Waals surface area (Å²) < 4.78 is 5.29. The Hall–Kier alpha value is -1.55. The number of carbonyl (C=O) groups is 1. The SMILES string of the molecule is CCNC(=NCc1cccc(OCC(N)=O)c1)N1CC[C@@H](O)C1.I. The molecule has 1 fully saturated rings. The van der Waals surface area contributed by atoms with Gasteiger partial charge in [0.25, 0.3) is 5.91 Å². The minimum Gasteiger partial charge on any atom is -0.484 e. The number of halogens is 1. The molecule has 0 unspecified atom stereocenters. The quantitative estimate of drug-likeness (QED) is 0.338. The van der Waals surface area contributed by atoms with Crippen LogP contribution in [0.25, 0.3) is 0 Å². The molecule has 1 atom stereocenters. The van der Waals surface area contributed by atoms with Gasteiger partial charge in [-0.25, -0.2) is 4.99 Å². The number of nitrogens with two attached hydrogens (primary N) is 1. The average Bonchev–Trinajstić information content (AvgIpc) is 2.96. The number of hydrogen-bond donors (Lipinski definition) is 3. The fraction of sp³-hybridized carbons (Fsp3) is 0.500. The predicted octanol–water partition coefficient (Wildman–Crippen LogP) is 0.701. The van der Waals surface area contributed by atoms with Gasteiger partial charge in [-0.2, -0.15) is 0 Å². The van der Waals surface area contributed by atoms with Gasteiger partial charge in [0.2, 0.25) is 0 Å². The van der Waals surface area contributed by atoms with Gasteiger partial charge in [-0.1, -0.05) is 12.1 Å². The maximum absolute atomic E-state index is 10.8. The van der Waals surface area contributed by atoms with Crippen LogP contribution in [0.1, 0.15) is 18.9 Å². The Labute approximate surface area is 159 Å². The highest BCUT2D eigenvalue weighted by atomic mass is 127. The van der Waals surface area contributed by atoms with Gasteiger partial charge in [-0.3, -0.25) is 4.79 Å². The van der Waals surface area contributed by atoms with E-state index >= 15 is 0 Å². The van der Waals surface area contributed by atoms with E-state index < -0.39 is 5.91 Å². The van der Waals surface area contributed by atoms with Crippen LogP contribution in [0.15, 0.2) is 29.3 Å². The lowest BCUT2D eigenvalue weighted by molar-refractivity contribution is -0.119. The van der Waals surface area contributed by atoms with E-state index in [9.17, 15) is 9.90 Å². The molecular weight excluding hydrogens is 423 g/mol. The fourth-order valence-corrected chi connectivity index (χ4v) is 2.41. The first-order valence-corrected chi connectivity index (χ1v) is 7.80. The minimum atomic E-state index is -0.504. The molecule has 1 aromatic rings. The largest absolute Gasteiger partial charge is 0.484 e. The smallest absolute Gasteiger partial charge is 0.255 e. The first-order chi connectivity index (χ1) is 11.1. The Balaban J connectivity index is 0.00000288. The second-order valence-electron chi connectivity index (χ2n) is 5.46. The molecule has 1 aliphatic heterocycles. The molecule has 2 rings (SSSR count). The van der Waals surface area contributed by atoms with Crippen molar-refractivity contribution in [3.63, 3.8) is 0 Å². The second kappa shape index (κ2) is 10.3. The molecule has 134 valence electrons. The highest BCUT2D eigenvalue weighted by Gasteiger charge is 2.22. The number of primary amides is 1. The van der Waals surface area contributed by atoms with E-state index in [1.54, 1.807) is 6.07 Å². The van der Waals surface area contributed by atoms with Crippen molar-refractivity contribution in [2.24, 2.45) is 10.7 Å². The third kappa shape index (κ3) is 6.52. The lowest BCUT2D eigenvalue weighted by Crippen LogP contribution is -2.40. The van der Waals surface area contributed by atoms with Crippen LogP contribution >= 0.6 is 24.0 Å². The Morgan fingerprint density at radius 3 is 2.96 bits per heavy atom. The van der Waals surface area contributed by atoms with Crippen LogP contribution in [0.2, 0.25) is 0 Å². The zero-order chi connectivity index (χ0) is 16.7. The summed E-state index contributed by atoms with van der Waals surface area (Å²) in [5.41, 5.74) is 6.05. The first kappa shape index (κ1) is 20.5. The highest BCUT2D eigenvalue weighted by molar-refractivity contribution is 14.0. The van der Waals surface area contributed by atoms with Gasteiger partial charge in [-0.15, -0.1) is 24.0 Å². The number of β-amino-alcohol motifs (C(OH)–C–C–N with tert-alkyl or cyclic N) is 1. The monoisotopic (exact) mass is 448 g/mol. The number of amides is 1. The molecule has 1 saturated heterocycles. The molecule has 7 nitrogen and oxygen atoms in total. The normalized spacial score (nSPS) is 17.3. The van der Waals surface area contributed by atoms with Gasteiger partial charge in [-0.05, 0) is 31.0 Å². The summed E-state index contributed by atoms with van der Waals surface area (Å²) in [6.07, 6.45) is 0.477. The first-order valence-electron chi connectivity index (χ1n) is 7.80. The number of nitrogens with zero attached hydrogens (tertiary/aromatic N) is 2. The van der Waals surface area contributed by atoms with Crippen molar-refractivity contribution in [3.05, 3.63) is 29.8 Å². The van der Waals surface area contributed by atoms with Crippen molar-refractivity contribution in [1.29, 1.82) is 0 Å². The van der Waals surface area contributed by atoms with E-state index in [0.29, 0.717) is 18.8 Å². The summed E-state index contributed by atoms with van der Waals surface area (Å²) in [7, 11) is 0. The number of aliphatic hydroxyl groups excluding tert-OH is 1. The van der Waals surface area contributed by atoms with E-state index in [4.69, 9.17) is 10.5 Å². The summed E-state index contributed by atoms with van der Waals surface area (Å²) in [6, 6.07) is 7.42. The van der Waals surface area contributed by atoms with Crippen LogP contribution in [0.3, 0.4) is 0 Å². The van der Waals surface area contributed by atoms with Gasteiger partial charge >= 0.3 is 0 Å². The topological polar surface area (TPSA) is 100 Å². The van der Waals surface area contributed by atoms with Crippen LogP contribution in [0.4, 0.5) is 0 Å². The average molecular weight is 448 g/mol. The Kier molecular flexibility index (Phi) is 8.83. The molecule has 1 aliphatic rings. The summed E-state index contributed by atoms with van der Waals surface area (Å²) in [5.74, 6) is 0.890. The van der Waals surface area contributed by atoms with Crippen molar-refractivity contribution in [3.8, 4) is 5.75 Å². The number of hydrogen-bond acceptors (Lipinski definition) is 4. The number of aliphatic imine (C=N–C) groups is 1. The van der Waals surface area contributed by atoms with Gasteiger partial charge in [0.05, 0.1) is 12.6 Å². The molecule has 8 heteroatoms. The molecule has 1 heterocycles. The van der Waals surface area contributed by atoms with Crippen LogP contribution < -0.4 is 15.8 Å². The van der Waals surface area contributed by atoms with Gasteiger partial charge in [0.1, 0.15) is 5.75 Å². The summed E-state index contributed by atoms with van der Waals surface area (Å²) >= 11 is 0. The molecule has 1 aromatic carbocycles. The lowest BCUT2D eigenvalue weighted by atomic mass is 10.2. The summed E-state index contributed by atoms with van der Waals surface area (Å²) in [4.78, 5) is 17.4. The second-order valence-corrected chi connectivity index (χ2v) is 5.46. The molecule has 4 N–H and O–H groups in total. The van der Waals surface area contributed by atoms with E-state index in [-0.39, 0.29) is 36.7 Å². The minimum absolute atomic E-state index is 0. The predicted molar refractivity (Wildman–Crippen MR) is 104 cm³/mol. The highest BCUT2D eigenvalue weighted by Crippen LogP contribution is 2.15. The molecule has 0 spiro atoms. The van der Waals surface area contributed by atoms with Gasteiger partial charge in [0.15, 0.2) is 12.6 Å². The molecule has 0 aromatic heterocycles. The Bertz CT molecular complexity index is 568. The van der Waals surface area contributed by atoms with Gasteiger partial charge in [0, 0.05) is 19.6 Å². The number of ether oxygens (including phenoxy) is 1. The van der Waals surface area contributed by atoms with Crippen molar-refractivity contribution < 1.29 is 14.6 Å². The lowest BCUT2D eigenvalue weighted by Gasteiger charge is -2.21. The van der Waals surface area contributed by atoms with Crippen LogP contribution in [-0.4, -0.2) is 54.2 Å². The maximum atomic E-state index is 10.8. The van der Waals surface area contributed by atoms with Crippen molar-refractivity contribution in [1.82, 2.24) is 10.2 Å². The summed E-state index contributed by atoms with van der Waals surface area (Å²) in [5, 5.41) is 12.9. The fourth-order valence-electron chi connectivity index (χ4n) is 2.41. The molecule has 0 bridgehead atoms. The van der Waals surface area contributed by atoms with Crippen molar-refractivity contribution in [2.75, 3.05) is 26.2 Å². The molecule has 24 heavy (non-hydrogen) atoms. The molecular formula is C16H25IN4O3. The number of aliphatic hydroxyl groups is 1. The summed E-state index contributed by atoms with van der Waals surface area (Å²) in [6.45, 7) is 4.54.